The first kappa shape index (κ1) is 30.2. The summed E-state index contributed by atoms with van der Waals surface area (Å²) < 4.78 is 5.33. The zero-order valence-electron chi connectivity index (χ0n) is 24.8. The maximum absolute atomic E-state index is 14.2. The summed E-state index contributed by atoms with van der Waals surface area (Å²) in [6.07, 6.45) is 1.80. The summed E-state index contributed by atoms with van der Waals surface area (Å²) >= 11 is 14.4. The third-order valence-electron chi connectivity index (χ3n) is 10.00. The molecular weight excluding hydrogens is 631 g/mol. The summed E-state index contributed by atoms with van der Waals surface area (Å²) in [4.78, 5) is 66.5. The molecule has 3 aromatic rings. The number of hydrogen-bond acceptors (Lipinski definition) is 7. The number of anilines is 1. The number of nitrogens with zero attached hydrogens (tertiary/aromatic N) is 2. The Morgan fingerprint density at radius 1 is 0.870 bits per heavy atom. The van der Waals surface area contributed by atoms with Crippen molar-refractivity contribution in [3.05, 3.63) is 101 Å². The number of alkyl halides is 2. The van der Waals surface area contributed by atoms with E-state index in [0.717, 1.165) is 9.80 Å². The number of imide groups is 2. The van der Waals surface area contributed by atoms with Gasteiger partial charge in [0.05, 0.1) is 24.6 Å². The molecule has 9 nitrogen and oxygen atoms in total. The Hall–Kier alpha value is -4.47. The molecule has 0 aromatic heterocycles. The Morgan fingerprint density at radius 2 is 1.54 bits per heavy atom. The fourth-order valence-electron chi connectivity index (χ4n) is 7.80. The molecule has 2 aliphatic heterocycles. The average Bonchev–Trinajstić information content (AvgIpc) is 3.40. The van der Waals surface area contributed by atoms with Gasteiger partial charge in [0.15, 0.2) is 27.0 Å². The van der Waals surface area contributed by atoms with E-state index in [0.29, 0.717) is 22.4 Å². The molecule has 46 heavy (non-hydrogen) atoms. The van der Waals surface area contributed by atoms with Gasteiger partial charge in [0, 0.05) is 29.7 Å². The highest BCUT2D eigenvalue weighted by Crippen LogP contribution is 2.66. The number of para-hydroxylation sites is 1. The molecule has 6 unspecified atom stereocenters. The Bertz CT molecular complexity index is 1880. The molecule has 0 spiro atoms. The molecule has 4 amide bonds. The first-order valence-corrected chi connectivity index (χ1v) is 15.5. The van der Waals surface area contributed by atoms with Crippen molar-refractivity contribution in [1.29, 1.82) is 0 Å². The molecule has 1 saturated carbocycles. The van der Waals surface area contributed by atoms with E-state index >= 15 is 0 Å². The molecule has 0 radical (unpaired) electrons. The molecular formula is C35H28Cl2N2O7. The number of carbonyl (C=O) groups excluding carboxylic acids is 5. The van der Waals surface area contributed by atoms with Crippen LogP contribution in [-0.4, -0.2) is 63.3 Å². The van der Waals surface area contributed by atoms with Gasteiger partial charge < -0.3 is 9.84 Å². The predicted octanol–water partition coefficient (Wildman–Crippen LogP) is 4.83. The van der Waals surface area contributed by atoms with E-state index in [1.807, 2.05) is 6.07 Å². The average molecular weight is 660 g/mol. The molecule has 7 rings (SSSR count). The number of phenolic OH excluding ortho intramolecular Hbond substituents is 1. The summed E-state index contributed by atoms with van der Waals surface area (Å²) in [7, 11) is 2.69. The number of amides is 4. The molecule has 1 N–H and O–H groups in total. The van der Waals surface area contributed by atoms with Crippen molar-refractivity contribution in [2.24, 2.45) is 17.8 Å². The summed E-state index contributed by atoms with van der Waals surface area (Å²) in [6.45, 7) is 0. The zero-order chi connectivity index (χ0) is 32.7. The molecule has 3 fully saturated rings. The van der Waals surface area contributed by atoms with Gasteiger partial charge in [-0.1, -0.05) is 54.1 Å². The number of hydrogen-bond donors (Lipinski definition) is 1. The quantitative estimate of drug-likeness (QED) is 0.180. The molecule has 11 heteroatoms. The van der Waals surface area contributed by atoms with Crippen LogP contribution in [0.15, 0.2) is 84.4 Å². The van der Waals surface area contributed by atoms with E-state index in [4.69, 9.17) is 27.9 Å². The van der Waals surface area contributed by atoms with Crippen molar-refractivity contribution in [2.75, 3.05) is 19.1 Å². The van der Waals surface area contributed by atoms with E-state index in [1.54, 1.807) is 72.8 Å². The molecule has 234 valence electrons. The van der Waals surface area contributed by atoms with Gasteiger partial charge in [-0.05, 0) is 49.1 Å². The predicted molar refractivity (Wildman–Crippen MR) is 169 cm³/mol. The Balaban J connectivity index is 1.29. The number of aromatic hydroxyl groups is 1. The molecule has 2 heterocycles. The summed E-state index contributed by atoms with van der Waals surface area (Å²) in [6, 6.07) is 19.8. The second-order valence-electron chi connectivity index (χ2n) is 12.2. The van der Waals surface area contributed by atoms with Gasteiger partial charge >= 0.3 is 0 Å². The number of ether oxygens (including phenoxy) is 1. The lowest BCUT2D eigenvalue weighted by molar-refractivity contribution is -0.138. The third-order valence-corrected chi connectivity index (χ3v) is 11.4. The largest absolute Gasteiger partial charge is 0.504 e. The van der Waals surface area contributed by atoms with Gasteiger partial charge in [0.2, 0.25) is 11.8 Å². The molecule has 2 saturated heterocycles. The fourth-order valence-corrected chi connectivity index (χ4v) is 8.81. The normalized spacial score (nSPS) is 30.1. The second-order valence-corrected chi connectivity index (χ2v) is 13.4. The van der Waals surface area contributed by atoms with Crippen LogP contribution in [0.5, 0.6) is 11.5 Å². The number of benzene rings is 3. The highest BCUT2D eigenvalue weighted by Gasteiger charge is 2.76. The van der Waals surface area contributed by atoms with Crippen LogP contribution in [-0.2, 0) is 19.2 Å². The van der Waals surface area contributed by atoms with E-state index in [2.05, 4.69) is 0 Å². The minimum absolute atomic E-state index is 0.131. The number of carbonyl (C=O) groups is 5. The van der Waals surface area contributed by atoms with Crippen LogP contribution >= 0.6 is 23.2 Å². The topological polar surface area (TPSA) is 121 Å². The second kappa shape index (κ2) is 10.5. The van der Waals surface area contributed by atoms with Gasteiger partial charge in [-0.3, -0.25) is 33.8 Å². The van der Waals surface area contributed by atoms with Crippen LogP contribution in [0.1, 0.15) is 40.2 Å². The molecule has 6 atom stereocenters. The van der Waals surface area contributed by atoms with Gasteiger partial charge in [-0.25, -0.2) is 0 Å². The summed E-state index contributed by atoms with van der Waals surface area (Å²) in [5, 5.41) is 11.3. The zero-order valence-corrected chi connectivity index (χ0v) is 26.3. The van der Waals surface area contributed by atoms with Crippen molar-refractivity contribution in [2.45, 2.75) is 28.5 Å². The highest BCUT2D eigenvalue weighted by atomic mass is 35.5. The lowest BCUT2D eigenvalue weighted by atomic mass is 9.56. The Morgan fingerprint density at radius 3 is 2.22 bits per heavy atom. The van der Waals surface area contributed by atoms with Gasteiger partial charge in [-0.2, -0.15) is 0 Å². The smallest absolute Gasteiger partial charge is 0.253 e. The van der Waals surface area contributed by atoms with Crippen molar-refractivity contribution in [3.8, 4) is 11.5 Å². The maximum Gasteiger partial charge on any atom is 0.253 e. The number of methoxy groups -OCH3 is 1. The minimum atomic E-state index is -2.02. The fraction of sp³-hybridized carbons (Fsp3) is 0.286. The van der Waals surface area contributed by atoms with Crippen LogP contribution in [0.2, 0.25) is 0 Å². The first-order chi connectivity index (χ1) is 22.0. The summed E-state index contributed by atoms with van der Waals surface area (Å²) in [5.41, 5.74) is 2.00. The Kier molecular flexibility index (Phi) is 6.92. The van der Waals surface area contributed by atoms with Gasteiger partial charge in [0.1, 0.15) is 0 Å². The molecule has 3 aromatic carbocycles. The number of ketones is 1. The summed E-state index contributed by atoms with van der Waals surface area (Å²) in [5.74, 6) is -6.16. The maximum atomic E-state index is 14.2. The number of allylic oxidation sites excluding steroid dienone is 2. The lowest BCUT2D eigenvalue weighted by Crippen LogP contribution is -2.60. The van der Waals surface area contributed by atoms with Crippen LogP contribution in [0.4, 0.5) is 5.69 Å². The van der Waals surface area contributed by atoms with Crippen molar-refractivity contribution in [1.82, 2.24) is 4.90 Å². The Labute approximate surface area is 274 Å². The monoisotopic (exact) mass is 658 g/mol. The van der Waals surface area contributed by atoms with E-state index in [9.17, 15) is 29.1 Å². The van der Waals surface area contributed by atoms with Crippen LogP contribution in [0.25, 0.3) is 0 Å². The standard InChI is InChI=1S/C35H28Cl2N2O7/c1-38-32(44)34(36)17-24-21(27(35(34,37)33(38)45)23-9-6-10-25(46-2)29(23)41)15-16-22-26(24)31(43)39(30(22)42)20-13-11-19(12-14-20)28(40)18-7-4-3-5-8-18/h3-15,22,24,26-27,41H,16-17H2,1-2H3. The van der Waals surface area contributed by atoms with Crippen molar-refractivity contribution >= 4 is 58.3 Å². The molecule has 0 bridgehead atoms. The van der Waals surface area contributed by atoms with Crippen LogP contribution in [0, 0.1) is 17.8 Å². The first-order valence-electron chi connectivity index (χ1n) is 14.8. The van der Waals surface area contributed by atoms with E-state index < -0.39 is 57.0 Å². The van der Waals surface area contributed by atoms with Crippen LogP contribution < -0.4 is 9.64 Å². The highest BCUT2D eigenvalue weighted by molar-refractivity contribution is 6.53. The minimum Gasteiger partial charge on any atom is -0.504 e. The number of halogens is 2. The van der Waals surface area contributed by atoms with E-state index in [1.165, 1.54) is 14.2 Å². The number of likely N-dealkylation sites (tertiary alicyclic amines) is 1. The number of rotatable bonds is 5. The third kappa shape index (κ3) is 3.91. The molecule has 4 aliphatic rings. The van der Waals surface area contributed by atoms with Gasteiger partial charge in [-0.15, -0.1) is 23.2 Å². The van der Waals surface area contributed by atoms with Crippen molar-refractivity contribution < 1.29 is 33.8 Å². The lowest BCUT2D eigenvalue weighted by Gasteiger charge is -2.50. The molecule has 2 aliphatic carbocycles. The SMILES string of the molecule is COc1cccc(C2C3=CCC4C(=O)N(c5ccc(C(=O)c6ccccc6)cc5)C(=O)C4C3CC3(Cl)C(=O)N(C)C(=O)C23Cl)c1O. The van der Waals surface area contributed by atoms with Gasteiger partial charge in [0.25, 0.3) is 11.8 Å². The number of fused-ring (bicyclic) bond motifs is 4. The number of phenols is 1. The van der Waals surface area contributed by atoms with Crippen molar-refractivity contribution in [3.63, 3.8) is 0 Å². The van der Waals surface area contributed by atoms with Crippen LogP contribution in [0.3, 0.4) is 0 Å². The van der Waals surface area contributed by atoms with E-state index in [-0.39, 0.29) is 35.7 Å².